The number of anilines is 1. The van der Waals surface area contributed by atoms with Gasteiger partial charge in [0, 0.05) is 36.8 Å². The number of rotatable bonds is 7. The lowest BCUT2D eigenvalue weighted by molar-refractivity contribution is 0.0955. The molecule has 0 aliphatic carbocycles. The average Bonchev–Trinajstić information content (AvgIpc) is 2.91. The number of carbonyl (C=O) groups excluding carboxylic acids is 1. The van der Waals surface area contributed by atoms with Crippen molar-refractivity contribution in [1.82, 2.24) is 15.3 Å². The van der Waals surface area contributed by atoms with Gasteiger partial charge in [0.25, 0.3) is 5.91 Å². The molecule has 0 atom stereocenters. The first kappa shape index (κ1) is 15.4. The van der Waals surface area contributed by atoms with Crippen molar-refractivity contribution in [1.29, 1.82) is 0 Å². The Hall–Kier alpha value is -1.95. The second-order valence-corrected chi connectivity index (χ2v) is 5.68. The van der Waals surface area contributed by atoms with Crippen LogP contribution in [0.5, 0.6) is 0 Å². The molecule has 2 N–H and O–H groups in total. The third-order valence-electron chi connectivity index (χ3n) is 2.92. The summed E-state index contributed by atoms with van der Waals surface area (Å²) in [6, 6.07) is 1.74. The molecule has 0 bridgehead atoms. The Labute approximate surface area is 128 Å². The van der Waals surface area contributed by atoms with Gasteiger partial charge in [-0.2, -0.15) is 0 Å². The number of nitrogens with zero attached hydrogens (tertiary/aromatic N) is 2. The van der Waals surface area contributed by atoms with Gasteiger partial charge in [-0.1, -0.05) is 6.92 Å². The summed E-state index contributed by atoms with van der Waals surface area (Å²) in [6.45, 7) is 5.46. The molecular weight excluding hydrogens is 284 g/mol. The van der Waals surface area contributed by atoms with Crippen LogP contribution in [0.3, 0.4) is 0 Å². The summed E-state index contributed by atoms with van der Waals surface area (Å²) in [6.07, 6.45) is 5.08. The number of thiazole rings is 1. The molecule has 112 valence electrons. The second kappa shape index (κ2) is 7.73. The van der Waals surface area contributed by atoms with Crippen LogP contribution in [-0.4, -0.2) is 29.0 Å². The van der Waals surface area contributed by atoms with Crippen LogP contribution in [0.4, 0.5) is 5.69 Å². The van der Waals surface area contributed by atoms with Gasteiger partial charge in [0.05, 0.1) is 22.5 Å². The van der Waals surface area contributed by atoms with E-state index >= 15 is 0 Å². The minimum Gasteiger partial charge on any atom is -0.383 e. The molecule has 2 heterocycles. The normalized spacial score (nSPS) is 10.4. The number of nitrogens with one attached hydrogen (secondary N) is 2. The van der Waals surface area contributed by atoms with E-state index in [0.717, 1.165) is 35.8 Å². The lowest BCUT2D eigenvalue weighted by atomic mass is 10.2. The zero-order valence-electron chi connectivity index (χ0n) is 12.3. The molecule has 0 saturated heterocycles. The molecule has 2 aromatic heterocycles. The van der Waals surface area contributed by atoms with Gasteiger partial charge in [-0.3, -0.25) is 9.78 Å². The molecule has 0 spiro atoms. The van der Waals surface area contributed by atoms with Crippen molar-refractivity contribution in [3.8, 4) is 0 Å². The fourth-order valence-electron chi connectivity index (χ4n) is 1.89. The van der Waals surface area contributed by atoms with E-state index in [9.17, 15) is 4.79 Å². The summed E-state index contributed by atoms with van der Waals surface area (Å²) in [7, 11) is 0. The van der Waals surface area contributed by atoms with Crippen LogP contribution in [0.1, 0.15) is 34.4 Å². The summed E-state index contributed by atoms with van der Waals surface area (Å²) in [5.74, 6) is -0.0794. The maximum Gasteiger partial charge on any atom is 0.253 e. The van der Waals surface area contributed by atoms with E-state index in [-0.39, 0.29) is 5.91 Å². The molecule has 0 unspecified atom stereocenters. The summed E-state index contributed by atoms with van der Waals surface area (Å²) in [4.78, 5) is 20.7. The molecule has 0 saturated carbocycles. The van der Waals surface area contributed by atoms with Crippen molar-refractivity contribution in [2.24, 2.45) is 0 Å². The monoisotopic (exact) mass is 304 g/mol. The number of amides is 1. The molecule has 0 aliphatic heterocycles. The van der Waals surface area contributed by atoms with Gasteiger partial charge in [-0.15, -0.1) is 11.3 Å². The molecule has 1 amide bonds. The molecule has 0 radical (unpaired) electrons. The van der Waals surface area contributed by atoms with Crippen molar-refractivity contribution in [2.45, 2.75) is 26.7 Å². The third kappa shape index (κ3) is 4.53. The first-order chi connectivity index (χ1) is 10.2. The minimum absolute atomic E-state index is 0.0794. The third-order valence-corrected chi connectivity index (χ3v) is 3.95. The van der Waals surface area contributed by atoms with Gasteiger partial charge in [0.1, 0.15) is 0 Å². The van der Waals surface area contributed by atoms with Gasteiger partial charge in [0.15, 0.2) is 0 Å². The molecular formula is C15H20N4OS. The Morgan fingerprint density at radius 2 is 2.24 bits per heavy atom. The Balaban J connectivity index is 1.90. The fraction of sp³-hybridized carbons (Fsp3) is 0.400. The van der Waals surface area contributed by atoms with E-state index in [2.05, 4.69) is 27.5 Å². The van der Waals surface area contributed by atoms with E-state index in [1.165, 1.54) is 0 Å². The minimum atomic E-state index is -0.0794. The van der Waals surface area contributed by atoms with E-state index in [1.54, 1.807) is 29.8 Å². The van der Waals surface area contributed by atoms with Crippen molar-refractivity contribution in [2.75, 3.05) is 18.4 Å². The second-order valence-electron chi connectivity index (χ2n) is 4.74. The maximum atomic E-state index is 12.2. The van der Waals surface area contributed by atoms with Crippen LogP contribution in [0.15, 0.2) is 23.8 Å². The van der Waals surface area contributed by atoms with Crippen molar-refractivity contribution in [3.05, 3.63) is 40.1 Å². The number of carbonyl (C=O) groups is 1. The SMILES string of the molecule is CCCNc1cnccc1C(=O)NCCc1nc(C)cs1. The standard InChI is InChI=1S/C15H20N4OS/c1-3-6-17-13-9-16-7-4-12(13)15(20)18-8-5-14-19-11(2)10-21-14/h4,7,9-10,17H,3,5-6,8H2,1-2H3,(H,18,20). The molecule has 0 fully saturated rings. The van der Waals surface area contributed by atoms with Gasteiger partial charge in [-0.05, 0) is 19.4 Å². The lowest BCUT2D eigenvalue weighted by Crippen LogP contribution is -2.26. The summed E-state index contributed by atoms with van der Waals surface area (Å²) >= 11 is 1.63. The summed E-state index contributed by atoms with van der Waals surface area (Å²) in [5.41, 5.74) is 2.44. The first-order valence-corrected chi connectivity index (χ1v) is 7.95. The number of hydrogen-bond acceptors (Lipinski definition) is 5. The number of hydrogen-bond donors (Lipinski definition) is 2. The predicted octanol–water partition coefficient (Wildman–Crippen LogP) is 2.64. The van der Waals surface area contributed by atoms with Gasteiger partial charge < -0.3 is 10.6 Å². The lowest BCUT2D eigenvalue weighted by Gasteiger charge is -2.10. The molecule has 6 heteroatoms. The number of aryl methyl sites for hydroxylation is 1. The van der Waals surface area contributed by atoms with E-state index in [4.69, 9.17) is 0 Å². The van der Waals surface area contributed by atoms with Crippen molar-refractivity contribution < 1.29 is 4.79 Å². The maximum absolute atomic E-state index is 12.2. The first-order valence-electron chi connectivity index (χ1n) is 7.07. The predicted molar refractivity (Wildman–Crippen MR) is 85.9 cm³/mol. The van der Waals surface area contributed by atoms with Crippen LogP contribution in [0, 0.1) is 6.92 Å². The number of pyridine rings is 1. The highest BCUT2D eigenvalue weighted by atomic mass is 32.1. The van der Waals surface area contributed by atoms with Gasteiger partial charge in [-0.25, -0.2) is 4.98 Å². The Kier molecular flexibility index (Phi) is 5.68. The van der Waals surface area contributed by atoms with Crippen LogP contribution in [-0.2, 0) is 6.42 Å². The zero-order valence-corrected chi connectivity index (χ0v) is 13.2. The van der Waals surface area contributed by atoms with Gasteiger partial charge >= 0.3 is 0 Å². The summed E-state index contributed by atoms with van der Waals surface area (Å²) < 4.78 is 0. The Bertz CT molecular complexity index is 597. The smallest absolute Gasteiger partial charge is 0.253 e. The van der Waals surface area contributed by atoms with Crippen LogP contribution < -0.4 is 10.6 Å². The van der Waals surface area contributed by atoms with Crippen molar-refractivity contribution in [3.63, 3.8) is 0 Å². The highest BCUT2D eigenvalue weighted by Gasteiger charge is 2.10. The number of aromatic nitrogens is 2. The average molecular weight is 304 g/mol. The van der Waals surface area contributed by atoms with E-state index in [0.29, 0.717) is 12.1 Å². The van der Waals surface area contributed by atoms with Crippen molar-refractivity contribution >= 4 is 22.9 Å². The zero-order chi connectivity index (χ0) is 15.1. The molecule has 2 rings (SSSR count). The Morgan fingerprint density at radius 3 is 2.95 bits per heavy atom. The van der Waals surface area contributed by atoms with E-state index < -0.39 is 0 Å². The molecule has 0 aromatic carbocycles. The topological polar surface area (TPSA) is 66.9 Å². The molecule has 5 nitrogen and oxygen atoms in total. The van der Waals surface area contributed by atoms with Crippen LogP contribution in [0.2, 0.25) is 0 Å². The molecule has 21 heavy (non-hydrogen) atoms. The van der Waals surface area contributed by atoms with Gasteiger partial charge in [0.2, 0.25) is 0 Å². The largest absolute Gasteiger partial charge is 0.383 e. The Morgan fingerprint density at radius 1 is 1.38 bits per heavy atom. The molecule has 2 aromatic rings. The quantitative estimate of drug-likeness (QED) is 0.825. The highest BCUT2D eigenvalue weighted by molar-refractivity contribution is 7.09. The van der Waals surface area contributed by atoms with Crippen LogP contribution in [0.25, 0.3) is 0 Å². The highest BCUT2D eigenvalue weighted by Crippen LogP contribution is 2.13. The van der Waals surface area contributed by atoms with Crippen LogP contribution >= 0.6 is 11.3 Å². The van der Waals surface area contributed by atoms with E-state index in [1.807, 2.05) is 12.3 Å². The fourth-order valence-corrected chi connectivity index (χ4v) is 2.66. The summed E-state index contributed by atoms with van der Waals surface area (Å²) in [5, 5.41) is 9.22. The molecule has 0 aliphatic rings.